The van der Waals surface area contributed by atoms with Crippen LogP contribution >= 0.6 is 35.3 Å². The predicted octanol–water partition coefficient (Wildman–Crippen LogP) is 3.22. The van der Waals surface area contributed by atoms with Gasteiger partial charge in [-0.3, -0.25) is 0 Å². The van der Waals surface area contributed by atoms with E-state index in [1.54, 1.807) is 11.3 Å². The number of hydrogen-bond donors (Lipinski definition) is 2. The molecule has 1 aromatic rings. The summed E-state index contributed by atoms with van der Waals surface area (Å²) in [4.78, 5) is 1.27. The van der Waals surface area contributed by atoms with Gasteiger partial charge in [0.15, 0.2) is 0 Å². The smallest absolute Gasteiger partial charge is 0.0931 e. The first kappa shape index (κ1) is 14.3. The van der Waals surface area contributed by atoms with Crippen LogP contribution in [-0.2, 0) is 6.54 Å². The third-order valence-corrected chi connectivity index (χ3v) is 4.40. The van der Waals surface area contributed by atoms with Gasteiger partial charge in [-0.2, -0.15) is 0 Å². The maximum atomic E-state index is 9.01. The number of halogens is 2. The highest BCUT2D eigenvalue weighted by molar-refractivity contribution is 7.16. The third-order valence-electron chi connectivity index (χ3n) is 3.17. The molecule has 1 heterocycles. The highest BCUT2D eigenvalue weighted by Crippen LogP contribution is 2.35. The summed E-state index contributed by atoms with van der Waals surface area (Å²) in [5.41, 5.74) is 0.200. The van der Waals surface area contributed by atoms with Crippen molar-refractivity contribution in [1.29, 1.82) is 0 Å². The number of thiophene rings is 1. The quantitative estimate of drug-likeness (QED) is 0.869. The number of nitrogens with one attached hydrogen (secondary N) is 1. The van der Waals surface area contributed by atoms with E-state index in [1.165, 1.54) is 24.1 Å². The normalized spacial score (nSPS) is 17.6. The van der Waals surface area contributed by atoms with Crippen LogP contribution in [0, 0.1) is 0 Å². The topological polar surface area (TPSA) is 32.3 Å². The molecule has 0 bridgehead atoms. The van der Waals surface area contributed by atoms with E-state index in [9.17, 15) is 0 Å². The van der Waals surface area contributed by atoms with Crippen LogP contribution in [0.5, 0.6) is 0 Å². The maximum Gasteiger partial charge on any atom is 0.0931 e. The first-order valence-electron chi connectivity index (χ1n) is 5.34. The predicted molar refractivity (Wildman–Crippen MR) is 71.7 cm³/mol. The Bertz CT molecular complexity index is 326. The molecule has 16 heavy (non-hydrogen) atoms. The van der Waals surface area contributed by atoms with Gasteiger partial charge >= 0.3 is 0 Å². The van der Waals surface area contributed by atoms with E-state index in [2.05, 4.69) is 11.4 Å². The van der Waals surface area contributed by atoms with Crippen LogP contribution in [0.2, 0.25) is 4.34 Å². The van der Waals surface area contributed by atoms with Crippen molar-refractivity contribution >= 4 is 35.3 Å². The van der Waals surface area contributed by atoms with Crippen molar-refractivity contribution in [3.8, 4) is 0 Å². The SMILES string of the molecule is Cl.OCCC1(NCc2ccc(Cl)s2)CCC1. The lowest BCUT2D eigenvalue weighted by Gasteiger charge is -2.42. The Balaban J connectivity index is 0.00000128. The summed E-state index contributed by atoms with van der Waals surface area (Å²) in [6, 6.07) is 3.99. The molecule has 0 aliphatic heterocycles. The molecule has 1 aliphatic carbocycles. The minimum atomic E-state index is 0. The molecule has 1 saturated carbocycles. The van der Waals surface area contributed by atoms with Crippen molar-refractivity contribution in [2.75, 3.05) is 6.61 Å². The summed E-state index contributed by atoms with van der Waals surface area (Å²) in [6.07, 6.45) is 4.52. The first-order chi connectivity index (χ1) is 7.24. The van der Waals surface area contributed by atoms with Gasteiger partial charge in [0.25, 0.3) is 0 Å². The number of aliphatic hydroxyl groups is 1. The van der Waals surface area contributed by atoms with E-state index in [0.29, 0.717) is 0 Å². The number of aliphatic hydroxyl groups excluding tert-OH is 1. The van der Waals surface area contributed by atoms with Crippen molar-refractivity contribution < 1.29 is 5.11 Å². The lowest BCUT2D eigenvalue weighted by molar-refractivity contribution is 0.130. The minimum Gasteiger partial charge on any atom is -0.396 e. The molecule has 1 aliphatic rings. The monoisotopic (exact) mass is 281 g/mol. The Kier molecular flexibility index (Phi) is 5.54. The van der Waals surface area contributed by atoms with Crippen molar-refractivity contribution in [2.24, 2.45) is 0 Å². The van der Waals surface area contributed by atoms with Crippen LogP contribution in [-0.4, -0.2) is 17.3 Å². The molecule has 0 aromatic carbocycles. The highest BCUT2D eigenvalue weighted by Gasteiger charge is 2.35. The molecular weight excluding hydrogens is 265 g/mol. The second-order valence-electron chi connectivity index (χ2n) is 4.17. The molecule has 5 heteroatoms. The Labute approximate surface area is 111 Å². The van der Waals surface area contributed by atoms with Gasteiger partial charge in [0.2, 0.25) is 0 Å². The molecule has 0 radical (unpaired) electrons. The zero-order valence-electron chi connectivity index (χ0n) is 9.04. The summed E-state index contributed by atoms with van der Waals surface area (Å²) in [5, 5.41) is 12.6. The van der Waals surface area contributed by atoms with E-state index in [-0.39, 0.29) is 24.6 Å². The highest BCUT2D eigenvalue weighted by atomic mass is 35.5. The zero-order chi connectivity index (χ0) is 10.7. The fraction of sp³-hybridized carbons (Fsp3) is 0.636. The zero-order valence-corrected chi connectivity index (χ0v) is 11.4. The standard InChI is InChI=1S/C11H16ClNOS.ClH/c12-10-3-2-9(15-10)8-13-11(6-7-14)4-1-5-11;/h2-3,13-14H,1,4-8H2;1H. The number of rotatable bonds is 5. The molecular formula is C11H17Cl2NOS. The molecule has 2 N–H and O–H groups in total. The molecule has 0 unspecified atom stereocenters. The van der Waals surface area contributed by atoms with E-state index in [1.807, 2.05) is 6.07 Å². The Morgan fingerprint density at radius 3 is 2.62 bits per heavy atom. The van der Waals surface area contributed by atoms with E-state index >= 15 is 0 Å². The van der Waals surface area contributed by atoms with Crippen LogP contribution in [0.15, 0.2) is 12.1 Å². The molecule has 2 rings (SSSR count). The van der Waals surface area contributed by atoms with Gasteiger partial charge < -0.3 is 10.4 Å². The van der Waals surface area contributed by atoms with Crippen molar-refractivity contribution in [3.05, 3.63) is 21.3 Å². The second kappa shape index (κ2) is 6.22. The number of hydrogen-bond acceptors (Lipinski definition) is 3. The van der Waals surface area contributed by atoms with Crippen molar-refractivity contribution in [3.63, 3.8) is 0 Å². The molecule has 0 saturated heterocycles. The van der Waals surface area contributed by atoms with Gasteiger partial charge in [-0.15, -0.1) is 23.7 Å². The van der Waals surface area contributed by atoms with Crippen LogP contribution in [0.25, 0.3) is 0 Å². The van der Waals surface area contributed by atoms with Gasteiger partial charge in [0.05, 0.1) is 4.34 Å². The Hall–Kier alpha value is 0.200. The fourth-order valence-electron chi connectivity index (χ4n) is 2.05. The van der Waals surface area contributed by atoms with E-state index in [0.717, 1.165) is 17.3 Å². The van der Waals surface area contributed by atoms with E-state index < -0.39 is 0 Å². The lowest BCUT2D eigenvalue weighted by Crippen LogP contribution is -2.51. The average Bonchev–Trinajstić information content (AvgIpc) is 2.56. The summed E-state index contributed by atoms with van der Waals surface area (Å²) in [7, 11) is 0. The largest absolute Gasteiger partial charge is 0.396 e. The molecule has 1 fully saturated rings. The van der Waals surface area contributed by atoms with Crippen molar-refractivity contribution in [1.82, 2.24) is 5.32 Å². The Morgan fingerprint density at radius 2 is 2.19 bits per heavy atom. The van der Waals surface area contributed by atoms with Gasteiger partial charge in [0.1, 0.15) is 0 Å². The van der Waals surface area contributed by atoms with Crippen LogP contribution < -0.4 is 5.32 Å². The molecule has 1 aromatic heterocycles. The summed E-state index contributed by atoms with van der Waals surface area (Å²) >= 11 is 7.49. The molecule has 0 atom stereocenters. The van der Waals surface area contributed by atoms with Crippen LogP contribution in [0.4, 0.5) is 0 Å². The second-order valence-corrected chi connectivity index (χ2v) is 5.97. The summed E-state index contributed by atoms with van der Waals surface area (Å²) in [5.74, 6) is 0. The third kappa shape index (κ3) is 3.34. The maximum absolute atomic E-state index is 9.01. The average molecular weight is 282 g/mol. The van der Waals surface area contributed by atoms with Crippen molar-refractivity contribution in [2.45, 2.75) is 37.8 Å². The van der Waals surface area contributed by atoms with Gasteiger partial charge in [-0.25, -0.2) is 0 Å². The Morgan fingerprint density at radius 1 is 1.44 bits per heavy atom. The van der Waals surface area contributed by atoms with Crippen LogP contribution in [0.3, 0.4) is 0 Å². The first-order valence-corrected chi connectivity index (χ1v) is 6.54. The molecule has 92 valence electrons. The molecule has 0 spiro atoms. The minimum absolute atomic E-state index is 0. The van der Waals surface area contributed by atoms with Gasteiger partial charge in [-0.05, 0) is 37.8 Å². The van der Waals surface area contributed by atoms with E-state index in [4.69, 9.17) is 16.7 Å². The summed E-state index contributed by atoms with van der Waals surface area (Å²) in [6.45, 7) is 1.15. The van der Waals surface area contributed by atoms with Gasteiger partial charge in [-0.1, -0.05) is 11.6 Å². The van der Waals surface area contributed by atoms with Crippen LogP contribution in [0.1, 0.15) is 30.6 Å². The lowest BCUT2D eigenvalue weighted by atomic mass is 9.74. The molecule has 0 amide bonds. The molecule has 2 nitrogen and oxygen atoms in total. The van der Waals surface area contributed by atoms with Gasteiger partial charge in [0, 0.05) is 23.6 Å². The fourth-order valence-corrected chi connectivity index (χ4v) is 3.08. The summed E-state index contributed by atoms with van der Waals surface area (Å²) < 4.78 is 0.844.